The lowest BCUT2D eigenvalue weighted by Gasteiger charge is -2.26. The normalized spacial score (nSPS) is 11.8. The molecular weight excluding hydrogens is 342 g/mol. The molecule has 112 valence electrons. The lowest BCUT2D eigenvalue weighted by Crippen LogP contribution is -2.38. The zero-order valence-electron chi connectivity index (χ0n) is 11.0. The summed E-state index contributed by atoms with van der Waals surface area (Å²) >= 11 is 3.16. The molecule has 2 nitrogen and oxygen atoms in total. The Balaban J connectivity index is 3.20. The van der Waals surface area contributed by atoms with Crippen LogP contribution in [0.5, 0.6) is 0 Å². The van der Waals surface area contributed by atoms with Gasteiger partial charge in [0.1, 0.15) is 5.82 Å². The minimum absolute atomic E-state index is 0.242. The van der Waals surface area contributed by atoms with Crippen molar-refractivity contribution in [2.45, 2.75) is 26.1 Å². The van der Waals surface area contributed by atoms with Gasteiger partial charge in [0.2, 0.25) is 0 Å². The van der Waals surface area contributed by atoms with Gasteiger partial charge in [-0.25, -0.2) is 4.39 Å². The number of benzene rings is 1. The highest BCUT2D eigenvalue weighted by Crippen LogP contribution is 2.30. The molecule has 0 saturated carbocycles. The van der Waals surface area contributed by atoms with Crippen molar-refractivity contribution < 1.29 is 22.4 Å². The van der Waals surface area contributed by atoms with E-state index in [0.717, 1.165) is 0 Å². The fourth-order valence-electron chi connectivity index (χ4n) is 1.71. The van der Waals surface area contributed by atoms with Gasteiger partial charge in [-0.2, -0.15) is 13.2 Å². The second kappa shape index (κ2) is 6.56. The first-order valence-corrected chi connectivity index (χ1v) is 7.04. The molecule has 1 amide bonds. The third-order valence-electron chi connectivity index (χ3n) is 2.73. The van der Waals surface area contributed by atoms with E-state index >= 15 is 0 Å². The number of carbonyl (C=O) groups excluding carboxylic acids is 1. The number of hydrogen-bond acceptors (Lipinski definition) is 1. The Hall–Kier alpha value is -1.11. The molecule has 0 unspecified atom stereocenters. The summed E-state index contributed by atoms with van der Waals surface area (Å²) in [4.78, 5) is 13.5. The van der Waals surface area contributed by atoms with Gasteiger partial charge in [0.25, 0.3) is 5.91 Å². The summed E-state index contributed by atoms with van der Waals surface area (Å²) in [5.74, 6) is -1.70. The summed E-state index contributed by atoms with van der Waals surface area (Å²) in [6, 6.07) is 1.61. The SMILES string of the molecule is CC(C)N(CCBr)C(=O)c1cc(C(F)(F)F)ccc1F. The predicted octanol–water partition coefficient (Wildman–Crippen LogP) is 4.09. The molecule has 1 rings (SSSR count). The molecule has 0 aliphatic carbocycles. The Bertz CT molecular complexity index is 488. The van der Waals surface area contributed by atoms with E-state index in [-0.39, 0.29) is 12.6 Å². The minimum Gasteiger partial charge on any atom is -0.335 e. The molecule has 0 aliphatic rings. The number of alkyl halides is 4. The van der Waals surface area contributed by atoms with E-state index in [2.05, 4.69) is 15.9 Å². The molecule has 0 heterocycles. The van der Waals surface area contributed by atoms with Gasteiger partial charge >= 0.3 is 6.18 Å². The fraction of sp³-hybridized carbons (Fsp3) is 0.462. The molecule has 0 saturated heterocycles. The van der Waals surface area contributed by atoms with Crippen LogP contribution in [0.3, 0.4) is 0 Å². The Morgan fingerprint density at radius 2 is 1.95 bits per heavy atom. The van der Waals surface area contributed by atoms with Gasteiger partial charge in [-0.05, 0) is 32.0 Å². The van der Waals surface area contributed by atoms with E-state index in [1.165, 1.54) is 4.90 Å². The molecule has 0 fully saturated rings. The first-order chi connectivity index (χ1) is 9.18. The van der Waals surface area contributed by atoms with Gasteiger partial charge in [-0.15, -0.1) is 0 Å². The predicted molar refractivity (Wildman–Crippen MR) is 71.4 cm³/mol. The molecule has 0 N–H and O–H groups in total. The second-order valence-electron chi connectivity index (χ2n) is 4.47. The maximum atomic E-state index is 13.6. The number of carbonyl (C=O) groups is 1. The van der Waals surface area contributed by atoms with Crippen molar-refractivity contribution >= 4 is 21.8 Å². The first kappa shape index (κ1) is 16.9. The molecule has 0 bridgehead atoms. The van der Waals surface area contributed by atoms with Crippen molar-refractivity contribution in [3.05, 3.63) is 35.1 Å². The Kier molecular flexibility index (Phi) is 5.56. The monoisotopic (exact) mass is 355 g/mol. The molecule has 0 radical (unpaired) electrons. The van der Waals surface area contributed by atoms with Crippen molar-refractivity contribution in [2.24, 2.45) is 0 Å². The van der Waals surface area contributed by atoms with Crippen LogP contribution in [0.1, 0.15) is 29.8 Å². The maximum Gasteiger partial charge on any atom is 0.416 e. The fourth-order valence-corrected chi connectivity index (χ4v) is 2.09. The highest BCUT2D eigenvalue weighted by Gasteiger charge is 2.32. The molecule has 0 aromatic heterocycles. The number of halogens is 5. The van der Waals surface area contributed by atoms with Crippen LogP contribution < -0.4 is 0 Å². The highest BCUT2D eigenvalue weighted by atomic mass is 79.9. The third kappa shape index (κ3) is 3.94. The minimum atomic E-state index is -4.61. The lowest BCUT2D eigenvalue weighted by molar-refractivity contribution is -0.137. The zero-order valence-corrected chi connectivity index (χ0v) is 12.6. The van der Waals surface area contributed by atoms with Crippen LogP contribution >= 0.6 is 15.9 Å². The summed E-state index contributed by atoms with van der Waals surface area (Å²) < 4.78 is 51.5. The number of hydrogen-bond donors (Lipinski definition) is 0. The van der Waals surface area contributed by atoms with E-state index in [1.54, 1.807) is 13.8 Å². The van der Waals surface area contributed by atoms with Gasteiger partial charge in [-0.3, -0.25) is 4.79 Å². The Labute approximate surface area is 122 Å². The molecule has 1 aromatic carbocycles. The topological polar surface area (TPSA) is 20.3 Å². The van der Waals surface area contributed by atoms with Crippen LogP contribution in [-0.4, -0.2) is 28.7 Å². The van der Waals surface area contributed by atoms with Gasteiger partial charge in [0, 0.05) is 17.9 Å². The number of rotatable bonds is 4. The van der Waals surface area contributed by atoms with Crippen LogP contribution in [0, 0.1) is 5.82 Å². The van der Waals surface area contributed by atoms with Crippen LogP contribution in [0.25, 0.3) is 0 Å². The van der Waals surface area contributed by atoms with E-state index < -0.39 is 29.0 Å². The largest absolute Gasteiger partial charge is 0.416 e. The van der Waals surface area contributed by atoms with Crippen molar-refractivity contribution in [1.82, 2.24) is 4.90 Å². The average molecular weight is 356 g/mol. The van der Waals surface area contributed by atoms with Crippen molar-refractivity contribution in [1.29, 1.82) is 0 Å². The third-order valence-corrected chi connectivity index (χ3v) is 3.09. The smallest absolute Gasteiger partial charge is 0.335 e. The quantitative estimate of drug-likeness (QED) is 0.588. The van der Waals surface area contributed by atoms with Gasteiger partial charge in [0.15, 0.2) is 0 Å². The van der Waals surface area contributed by atoms with E-state index in [4.69, 9.17) is 0 Å². The second-order valence-corrected chi connectivity index (χ2v) is 5.27. The molecule has 0 aliphatic heterocycles. The summed E-state index contributed by atoms with van der Waals surface area (Å²) in [7, 11) is 0. The lowest BCUT2D eigenvalue weighted by atomic mass is 10.1. The summed E-state index contributed by atoms with van der Waals surface area (Å²) in [5, 5.41) is 0.456. The summed E-state index contributed by atoms with van der Waals surface area (Å²) in [6.45, 7) is 3.71. The highest BCUT2D eigenvalue weighted by molar-refractivity contribution is 9.09. The number of nitrogens with zero attached hydrogens (tertiary/aromatic N) is 1. The zero-order chi connectivity index (χ0) is 15.5. The molecule has 0 spiro atoms. The van der Waals surface area contributed by atoms with Crippen molar-refractivity contribution in [3.8, 4) is 0 Å². The molecular formula is C13H14BrF4NO. The number of amides is 1. The molecule has 20 heavy (non-hydrogen) atoms. The molecule has 1 aromatic rings. The van der Waals surface area contributed by atoms with Crippen molar-refractivity contribution in [3.63, 3.8) is 0 Å². The first-order valence-electron chi connectivity index (χ1n) is 5.92. The van der Waals surface area contributed by atoms with E-state index in [0.29, 0.717) is 23.5 Å². The summed E-state index contributed by atoms with van der Waals surface area (Å²) in [5.41, 5.74) is -1.60. The standard InChI is InChI=1S/C13H14BrF4NO/c1-8(2)19(6-5-14)12(20)10-7-9(13(16,17)18)3-4-11(10)15/h3-4,7-8H,5-6H2,1-2H3. The van der Waals surface area contributed by atoms with Crippen LogP contribution in [-0.2, 0) is 6.18 Å². The maximum absolute atomic E-state index is 13.6. The average Bonchev–Trinajstić information content (AvgIpc) is 2.34. The van der Waals surface area contributed by atoms with Gasteiger partial charge in [0.05, 0.1) is 11.1 Å². The van der Waals surface area contributed by atoms with Crippen LogP contribution in [0.15, 0.2) is 18.2 Å². The van der Waals surface area contributed by atoms with Crippen LogP contribution in [0.4, 0.5) is 17.6 Å². The van der Waals surface area contributed by atoms with E-state index in [9.17, 15) is 22.4 Å². The summed E-state index contributed by atoms with van der Waals surface area (Å²) in [6.07, 6.45) is -4.61. The van der Waals surface area contributed by atoms with Gasteiger partial charge in [-0.1, -0.05) is 15.9 Å². The van der Waals surface area contributed by atoms with Gasteiger partial charge < -0.3 is 4.90 Å². The van der Waals surface area contributed by atoms with Crippen LogP contribution in [0.2, 0.25) is 0 Å². The Morgan fingerprint density at radius 1 is 1.35 bits per heavy atom. The van der Waals surface area contributed by atoms with E-state index in [1.807, 2.05) is 0 Å². The molecule has 7 heteroatoms. The van der Waals surface area contributed by atoms with Crippen molar-refractivity contribution in [2.75, 3.05) is 11.9 Å². The molecule has 0 atom stereocenters. The Morgan fingerprint density at radius 3 is 2.40 bits per heavy atom.